The third-order valence-corrected chi connectivity index (χ3v) is 1.76. The Morgan fingerprint density at radius 2 is 2.62 bits per heavy atom. The van der Waals surface area contributed by atoms with Gasteiger partial charge in [-0.3, -0.25) is 4.79 Å². The molecule has 0 aliphatic carbocycles. The number of carbonyl (C=O) groups is 1. The molecule has 1 N–H and O–H groups in total. The summed E-state index contributed by atoms with van der Waals surface area (Å²) < 4.78 is 5.09. The summed E-state index contributed by atoms with van der Waals surface area (Å²) >= 11 is 0. The van der Waals surface area contributed by atoms with E-state index >= 15 is 0 Å². The molecular formula is C9H12N2O2. The first-order valence-electron chi connectivity index (χ1n) is 4.29. The number of allylic oxidation sites excluding steroid dienone is 1. The molecule has 0 spiro atoms. The molecule has 1 unspecified atom stereocenters. The lowest BCUT2D eigenvalue weighted by molar-refractivity contribution is -0.130. The molecule has 4 heteroatoms. The average Bonchev–Trinajstić information content (AvgIpc) is 2.19. The van der Waals surface area contributed by atoms with Crippen molar-refractivity contribution in [1.82, 2.24) is 5.32 Å². The molecule has 4 nitrogen and oxygen atoms in total. The van der Waals surface area contributed by atoms with Gasteiger partial charge in [0, 0.05) is 6.54 Å². The highest BCUT2D eigenvalue weighted by molar-refractivity contribution is 5.80. The molecule has 0 saturated heterocycles. The molecule has 0 fully saturated rings. The molecule has 70 valence electrons. The Morgan fingerprint density at radius 1 is 1.77 bits per heavy atom. The molecule has 1 amide bonds. The summed E-state index contributed by atoms with van der Waals surface area (Å²) in [6, 6.07) is 1.96. The number of amides is 1. The Balaban J connectivity index is 2.23. The highest BCUT2D eigenvalue weighted by Gasteiger charge is 2.19. The number of nitrogens with one attached hydrogen (secondary N) is 1. The first-order valence-corrected chi connectivity index (χ1v) is 4.29. The predicted molar refractivity (Wildman–Crippen MR) is 46.5 cm³/mol. The fourth-order valence-corrected chi connectivity index (χ4v) is 1.08. The second-order valence-corrected chi connectivity index (χ2v) is 2.77. The SMILES string of the molecule is N#CCCNC(=O)C1CCC=CO1. The van der Waals surface area contributed by atoms with Crippen molar-refractivity contribution >= 4 is 5.91 Å². The number of nitrogens with zero attached hydrogens (tertiary/aromatic N) is 1. The van der Waals surface area contributed by atoms with Crippen molar-refractivity contribution in [2.75, 3.05) is 6.54 Å². The van der Waals surface area contributed by atoms with Crippen LogP contribution in [-0.4, -0.2) is 18.6 Å². The molecule has 0 aromatic heterocycles. The standard InChI is InChI=1S/C9H12N2O2/c10-5-3-6-11-9(12)8-4-1-2-7-13-8/h2,7-8H,1,3-4,6H2,(H,11,12). The molecule has 1 atom stereocenters. The van der Waals surface area contributed by atoms with Gasteiger partial charge in [-0.2, -0.15) is 5.26 Å². The molecule has 0 aromatic rings. The smallest absolute Gasteiger partial charge is 0.261 e. The number of carbonyl (C=O) groups excluding carboxylic acids is 1. The fraction of sp³-hybridized carbons (Fsp3) is 0.556. The van der Waals surface area contributed by atoms with E-state index < -0.39 is 0 Å². The normalized spacial score (nSPS) is 20.1. The third kappa shape index (κ3) is 3.16. The number of hydrogen-bond donors (Lipinski definition) is 1. The van der Waals surface area contributed by atoms with E-state index in [-0.39, 0.29) is 12.0 Å². The molecule has 1 aliphatic rings. The van der Waals surface area contributed by atoms with Gasteiger partial charge >= 0.3 is 0 Å². The first-order chi connectivity index (χ1) is 6.34. The zero-order chi connectivity index (χ0) is 9.52. The summed E-state index contributed by atoms with van der Waals surface area (Å²) in [5.74, 6) is -0.125. The van der Waals surface area contributed by atoms with Crippen LogP contribution in [0.4, 0.5) is 0 Å². The Labute approximate surface area is 77.2 Å². The van der Waals surface area contributed by atoms with Crippen LogP contribution < -0.4 is 5.32 Å². The second-order valence-electron chi connectivity index (χ2n) is 2.77. The van der Waals surface area contributed by atoms with Crippen molar-refractivity contribution in [2.24, 2.45) is 0 Å². The van der Waals surface area contributed by atoms with Crippen LogP contribution in [0, 0.1) is 11.3 Å². The van der Waals surface area contributed by atoms with Crippen LogP contribution in [0.1, 0.15) is 19.3 Å². The van der Waals surface area contributed by atoms with Crippen LogP contribution in [0.5, 0.6) is 0 Å². The molecule has 0 saturated carbocycles. The number of hydrogen-bond acceptors (Lipinski definition) is 3. The Hall–Kier alpha value is -1.50. The number of rotatable bonds is 3. The van der Waals surface area contributed by atoms with Crippen LogP contribution in [-0.2, 0) is 9.53 Å². The van der Waals surface area contributed by atoms with Crippen LogP contribution in [0.25, 0.3) is 0 Å². The molecule has 1 rings (SSSR count). The summed E-state index contributed by atoms with van der Waals surface area (Å²) in [6.45, 7) is 0.402. The van der Waals surface area contributed by atoms with Gasteiger partial charge in [-0.15, -0.1) is 0 Å². The van der Waals surface area contributed by atoms with Crippen LogP contribution in [0.3, 0.4) is 0 Å². The van der Waals surface area contributed by atoms with Gasteiger partial charge in [-0.05, 0) is 18.9 Å². The van der Waals surface area contributed by atoms with Crippen molar-refractivity contribution in [2.45, 2.75) is 25.4 Å². The summed E-state index contributed by atoms with van der Waals surface area (Å²) in [5.41, 5.74) is 0. The van der Waals surface area contributed by atoms with Gasteiger partial charge in [0.2, 0.25) is 0 Å². The van der Waals surface area contributed by atoms with Crippen molar-refractivity contribution < 1.29 is 9.53 Å². The highest BCUT2D eigenvalue weighted by Crippen LogP contribution is 2.09. The quantitative estimate of drug-likeness (QED) is 0.650. The molecule has 0 bridgehead atoms. The van der Waals surface area contributed by atoms with E-state index in [0.717, 1.165) is 12.8 Å². The topological polar surface area (TPSA) is 62.1 Å². The van der Waals surface area contributed by atoms with E-state index in [1.165, 1.54) is 0 Å². The van der Waals surface area contributed by atoms with E-state index in [9.17, 15) is 4.79 Å². The largest absolute Gasteiger partial charge is 0.489 e. The third-order valence-electron chi connectivity index (χ3n) is 1.76. The van der Waals surface area contributed by atoms with Gasteiger partial charge in [-0.1, -0.05) is 0 Å². The van der Waals surface area contributed by atoms with Gasteiger partial charge < -0.3 is 10.1 Å². The summed E-state index contributed by atoms with van der Waals surface area (Å²) in [7, 11) is 0. The Bertz CT molecular complexity index is 242. The average molecular weight is 180 g/mol. The summed E-state index contributed by atoms with van der Waals surface area (Å²) in [5, 5.41) is 10.9. The minimum absolute atomic E-state index is 0.125. The lowest BCUT2D eigenvalue weighted by Crippen LogP contribution is -2.36. The lowest BCUT2D eigenvalue weighted by Gasteiger charge is -2.18. The second kappa shape index (κ2) is 5.20. The molecular weight excluding hydrogens is 168 g/mol. The van der Waals surface area contributed by atoms with Crippen LogP contribution >= 0.6 is 0 Å². The van der Waals surface area contributed by atoms with Gasteiger partial charge in [0.1, 0.15) is 0 Å². The van der Waals surface area contributed by atoms with Gasteiger partial charge in [0.05, 0.1) is 18.8 Å². The maximum atomic E-state index is 11.3. The van der Waals surface area contributed by atoms with E-state index in [1.54, 1.807) is 6.26 Å². The van der Waals surface area contributed by atoms with Crippen LogP contribution in [0.15, 0.2) is 12.3 Å². The maximum absolute atomic E-state index is 11.3. The van der Waals surface area contributed by atoms with Gasteiger partial charge in [0.25, 0.3) is 5.91 Å². The Kier molecular flexibility index (Phi) is 3.83. The van der Waals surface area contributed by atoms with E-state index in [0.29, 0.717) is 13.0 Å². The zero-order valence-electron chi connectivity index (χ0n) is 7.32. The minimum atomic E-state index is -0.372. The van der Waals surface area contributed by atoms with Crippen molar-refractivity contribution in [3.05, 3.63) is 12.3 Å². The Morgan fingerprint density at radius 3 is 3.23 bits per heavy atom. The van der Waals surface area contributed by atoms with Crippen molar-refractivity contribution in [3.8, 4) is 6.07 Å². The van der Waals surface area contributed by atoms with E-state index in [2.05, 4.69) is 5.32 Å². The fourth-order valence-electron chi connectivity index (χ4n) is 1.08. The molecule has 0 aromatic carbocycles. The minimum Gasteiger partial charge on any atom is -0.489 e. The van der Waals surface area contributed by atoms with Gasteiger partial charge in [-0.25, -0.2) is 0 Å². The van der Waals surface area contributed by atoms with Crippen LogP contribution in [0.2, 0.25) is 0 Å². The van der Waals surface area contributed by atoms with Crippen molar-refractivity contribution in [3.63, 3.8) is 0 Å². The van der Waals surface area contributed by atoms with Gasteiger partial charge in [0.15, 0.2) is 6.10 Å². The highest BCUT2D eigenvalue weighted by atomic mass is 16.5. The molecule has 0 radical (unpaired) electrons. The molecule has 1 aliphatic heterocycles. The molecule has 13 heavy (non-hydrogen) atoms. The van der Waals surface area contributed by atoms with E-state index in [1.807, 2.05) is 12.1 Å². The lowest BCUT2D eigenvalue weighted by atomic mass is 10.1. The summed E-state index contributed by atoms with van der Waals surface area (Å²) in [4.78, 5) is 11.3. The monoisotopic (exact) mass is 180 g/mol. The molecule has 1 heterocycles. The van der Waals surface area contributed by atoms with Crippen molar-refractivity contribution in [1.29, 1.82) is 5.26 Å². The van der Waals surface area contributed by atoms with E-state index in [4.69, 9.17) is 10.00 Å². The zero-order valence-corrected chi connectivity index (χ0v) is 7.32. The maximum Gasteiger partial charge on any atom is 0.261 e. The first kappa shape index (κ1) is 9.59. The predicted octanol–water partition coefficient (Wildman–Crippen LogP) is 0.709. The summed E-state index contributed by atoms with van der Waals surface area (Å²) in [6.07, 6.45) is 5.00. The number of nitriles is 1. The number of ether oxygens (including phenoxy) is 1.